The molecule has 1 heterocycles. The Morgan fingerprint density at radius 3 is 2.55 bits per heavy atom. The molecule has 2 unspecified atom stereocenters. The van der Waals surface area contributed by atoms with E-state index in [-0.39, 0.29) is 18.6 Å². The molecule has 0 aromatic rings. The third-order valence-electron chi connectivity index (χ3n) is 4.25. The zero-order valence-electron chi connectivity index (χ0n) is 14.9. The highest BCUT2D eigenvalue weighted by atomic mass is 31.2. The van der Waals surface area contributed by atoms with Crippen LogP contribution >= 0.6 is 7.25 Å². The smallest absolute Gasteiger partial charge is 0.246 e. The standard InChI is InChI=1S/C16H34BO4P/c1-5-7-9-13-22(18,17(3)4)21-15-10-12-20-16(15)14-19-11-8-6-2/h15-16H,5-14H2,1-4H3/t15-,16?,22?/m1/s1. The largest absolute Gasteiger partial charge is 0.379 e. The Morgan fingerprint density at radius 2 is 1.91 bits per heavy atom. The molecule has 4 nitrogen and oxygen atoms in total. The predicted molar refractivity (Wildman–Crippen MR) is 94.4 cm³/mol. The maximum Gasteiger partial charge on any atom is 0.246 e. The average molecular weight is 332 g/mol. The van der Waals surface area contributed by atoms with E-state index in [9.17, 15) is 4.57 Å². The summed E-state index contributed by atoms with van der Waals surface area (Å²) in [5.41, 5.74) is 0. The van der Waals surface area contributed by atoms with Crippen molar-refractivity contribution in [1.29, 1.82) is 0 Å². The van der Waals surface area contributed by atoms with Gasteiger partial charge >= 0.3 is 0 Å². The Balaban J connectivity index is 2.50. The van der Waals surface area contributed by atoms with Crippen LogP contribution in [0, 0.1) is 0 Å². The summed E-state index contributed by atoms with van der Waals surface area (Å²) in [5, 5.41) is 0. The van der Waals surface area contributed by atoms with Gasteiger partial charge in [0, 0.05) is 25.8 Å². The highest BCUT2D eigenvalue weighted by Gasteiger charge is 2.38. The van der Waals surface area contributed by atoms with Gasteiger partial charge in [0.15, 0.2) is 7.25 Å². The molecule has 3 atom stereocenters. The third kappa shape index (κ3) is 6.74. The maximum atomic E-state index is 13.1. The van der Waals surface area contributed by atoms with Gasteiger partial charge in [-0.3, -0.25) is 0 Å². The van der Waals surface area contributed by atoms with Gasteiger partial charge in [-0.1, -0.05) is 46.8 Å². The van der Waals surface area contributed by atoms with E-state index in [4.69, 9.17) is 14.0 Å². The Labute approximate surface area is 137 Å². The Kier molecular flexibility index (Phi) is 9.98. The molecule has 0 bridgehead atoms. The summed E-state index contributed by atoms with van der Waals surface area (Å²) in [6.45, 7) is 10.3. The fourth-order valence-corrected chi connectivity index (χ4v) is 4.82. The predicted octanol–water partition coefficient (Wildman–Crippen LogP) is 4.70. The van der Waals surface area contributed by atoms with Crippen molar-refractivity contribution in [2.24, 2.45) is 0 Å². The van der Waals surface area contributed by atoms with Gasteiger partial charge in [0.25, 0.3) is 0 Å². The highest BCUT2D eigenvalue weighted by molar-refractivity contribution is 7.91. The van der Waals surface area contributed by atoms with Crippen molar-refractivity contribution in [2.75, 3.05) is 26.0 Å². The highest BCUT2D eigenvalue weighted by Crippen LogP contribution is 2.52. The Hall–Kier alpha value is 0.175. The lowest BCUT2D eigenvalue weighted by Crippen LogP contribution is -2.30. The Morgan fingerprint density at radius 1 is 1.18 bits per heavy atom. The summed E-state index contributed by atoms with van der Waals surface area (Å²) in [7, 11) is -2.59. The summed E-state index contributed by atoms with van der Waals surface area (Å²) in [5.74, 6) is 0. The zero-order valence-corrected chi connectivity index (χ0v) is 15.8. The summed E-state index contributed by atoms with van der Waals surface area (Å²) >= 11 is 0. The first-order valence-electron chi connectivity index (χ1n) is 9.00. The van der Waals surface area contributed by atoms with E-state index in [2.05, 4.69) is 13.8 Å². The minimum absolute atomic E-state index is 0.0601. The molecule has 6 heteroatoms. The van der Waals surface area contributed by atoms with Crippen molar-refractivity contribution in [1.82, 2.24) is 0 Å². The zero-order chi connectivity index (χ0) is 16.4. The lowest BCUT2D eigenvalue weighted by Gasteiger charge is -2.27. The van der Waals surface area contributed by atoms with E-state index in [0.717, 1.165) is 45.1 Å². The summed E-state index contributed by atoms with van der Waals surface area (Å²) in [6.07, 6.45) is 6.90. The molecule has 22 heavy (non-hydrogen) atoms. The van der Waals surface area contributed by atoms with Crippen LogP contribution in [0.1, 0.15) is 52.4 Å². The van der Waals surface area contributed by atoms with E-state index in [1.54, 1.807) is 0 Å². The van der Waals surface area contributed by atoms with Gasteiger partial charge in [-0.2, -0.15) is 0 Å². The molecule has 1 saturated heterocycles. The van der Waals surface area contributed by atoms with Crippen LogP contribution in [0.4, 0.5) is 0 Å². The van der Waals surface area contributed by atoms with Crippen molar-refractivity contribution in [3.63, 3.8) is 0 Å². The van der Waals surface area contributed by atoms with Gasteiger partial charge in [-0.25, -0.2) is 0 Å². The fourth-order valence-electron chi connectivity index (χ4n) is 2.59. The normalized spacial score (nSPS) is 24.4. The molecule has 0 radical (unpaired) electrons. The minimum Gasteiger partial charge on any atom is -0.379 e. The molecule has 0 aromatic heterocycles. The fraction of sp³-hybridized carbons (Fsp3) is 1.00. The van der Waals surface area contributed by atoms with Gasteiger partial charge in [0.1, 0.15) is 6.10 Å². The molecule has 1 rings (SSSR count). The quantitative estimate of drug-likeness (QED) is 0.295. The number of ether oxygens (including phenoxy) is 2. The molecule has 1 aliphatic heterocycles. The molecule has 1 aliphatic rings. The molecule has 0 aromatic carbocycles. The van der Waals surface area contributed by atoms with Gasteiger partial charge in [0.2, 0.25) is 6.43 Å². The lowest BCUT2D eigenvalue weighted by molar-refractivity contribution is -0.0167. The van der Waals surface area contributed by atoms with Crippen molar-refractivity contribution in [2.45, 2.75) is 78.2 Å². The first-order chi connectivity index (χ1) is 10.5. The second-order valence-electron chi connectivity index (χ2n) is 6.52. The number of hydrogen-bond acceptors (Lipinski definition) is 4. The van der Waals surface area contributed by atoms with E-state index < -0.39 is 7.25 Å². The van der Waals surface area contributed by atoms with Crippen LogP contribution in [-0.2, 0) is 18.6 Å². The minimum atomic E-state index is -2.59. The van der Waals surface area contributed by atoms with Crippen LogP contribution in [0.5, 0.6) is 0 Å². The number of rotatable bonds is 12. The number of unbranched alkanes of at least 4 members (excludes halogenated alkanes) is 3. The molecule has 1 fully saturated rings. The van der Waals surface area contributed by atoms with Crippen LogP contribution in [0.15, 0.2) is 0 Å². The SMILES string of the molecule is CCCCCP(=O)(O[C@@H]1CCOC1COCCCC)B(C)C. The average Bonchev–Trinajstić information content (AvgIpc) is 2.91. The van der Waals surface area contributed by atoms with Gasteiger partial charge < -0.3 is 18.6 Å². The second kappa shape index (κ2) is 10.9. The number of hydrogen-bond donors (Lipinski definition) is 0. The molecule has 0 saturated carbocycles. The summed E-state index contributed by atoms with van der Waals surface area (Å²) in [4.78, 5) is 0. The van der Waals surface area contributed by atoms with Crippen molar-refractivity contribution in [3.8, 4) is 0 Å². The Bertz CT molecular complexity index is 338. The first kappa shape index (κ1) is 20.2. The van der Waals surface area contributed by atoms with Crippen molar-refractivity contribution in [3.05, 3.63) is 0 Å². The second-order valence-corrected chi connectivity index (χ2v) is 9.66. The van der Waals surface area contributed by atoms with Crippen LogP contribution in [0.3, 0.4) is 0 Å². The third-order valence-corrected chi connectivity index (χ3v) is 7.39. The topological polar surface area (TPSA) is 44.8 Å². The molecular weight excluding hydrogens is 298 g/mol. The van der Waals surface area contributed by atoms with Crippen molar-refractivity contribution >= 4 is 13.7 Å². The van der Waals surface area contributed by atoms with E-state index in [1.165, 1.54) is 0 Å². The molecule has 0 aliphatic carbocycles. The van der Waals surface area contributed by atoms with Crippen LogP contribution in [0.2, 0.25) is 13.6 Å². The van der Waals surface area contributed by atoms with Crippen molar-refractivity contribution < 1.29 is 18.6 Å². The van der Waals surface area contributed by atoms with E-state index in [1.807, 2.05) is 13.6 Å². The summed E-state index contributed by atoms with van der Waals surface area (Å²) in [6, 6.07) is 0. The van der Waals surface area contributed by atoms with Gasteiger partial charge in [-0.05, 0) is 12.8 Å². The molecule has 0 N–H and O–H groups in total. The molecule has 0 amide bonds. The maximum absolute atomic E-state index is 13.1. The molecule has 0 spiro atoms. The summed E-state index contributed by atoms with van der Waals surface area (Å²) < 4.78 is 30.7. The molecular formula is C16H34BO4P. The van der Waals surface area contributed by atoms with Crippen LogP contribution in [-0.4, -0.2) is 44.6 Å². The lowest BCUT2D eigenvalue weighted by atomic mass is 9.84. The van der Waals surface area contributed by atoms with E-state index in [0.29, 0.717) is 19.4 Å². The van der Waals surface area contributed by atoms with Gasteiger partial charge in [0.05, 0.1) is 12.7 Å². The van der Waals surface area contributed by atoms with Gasteiger partial charge in [-0.15, -0.1) is 0 Å². The monoisotopic (exact) mass is 332 g/mol. The van der Waals surface area contributed by atoms with Crippen LogP contribution in [0.25, 0.3) is 0 Å². The molecule has 130 valence electrons. The van der Waals surface area contributed by atoms with E-state index >= 15 is 0 Å². The van der Waals surface area contributed by atoms with Crippen LogP contribution < -0.4 is 0 Å². The first-order valence-corrected chi connectivity index (χ1v) is 10.9.